The van der Waals surface area contributed by atoms with Crippen molar-refractivity contribution in [3.8, 4) is 0 Å². The average Bonchev–Trinajstić information content (AvgIpc) is 2.99. The van der Waals surface area contributed by atoms with E-state index in [0.717, 1.165) is 12.8 Å². The normalized spacial score (nSPS) is 15.6. The van der Waals surface area contributed by atoms with Crippen molar-refractivity contribution in [1.82, 2.24) is 14.6 Å². The van der Waals surface area contributed by atoms with Crippen molar-refractivity contribution in [2.75, 3.05) is 0 Å². The lowest BCUT2D eigenvalue weighted by Crippen LogP contribution is -2.00. The molecule has 2 aromatic rings. The SMILES string of the molecule is O=C(O)c1c(C2CC2)nn2cc(Cl)cnc12. The molecule has 6 heteroatoms. The number of aromatic nitrogens is 3. The molecule has 1 fully saturated rings. The predicted octanol–water partition coefficient (Wildman–Crippen LogP) is 1.96. The van der Waals surface area contributed by atoms with Crippen LogP contribution < -0.4 is 0 Å². The number of hydrogen-bond donors (Lipinski definition) is 1. The van der Waals surface area contributed by atoms with Gasteiger partial charge in [-0.3, -0.25) is 0 Å². The van der Waals surface area contributed by atoms with Crippen LogP contribution in [0, 0.1) is 0 Å². The molecule has 1 N–H and O–H groups in total. The molecule has 0 atom stereocenters. The number of nitrogens with zero attached hydrogens (tertiary/aromatic N) is 3. The Morgan fingerprint density at radius 1 is 1.56 bits per heavy atom. The summed E-state index contributed by atoms with van der Waals surface area (Å²) in [5, 5.41) is 13.9. The van der Waals surface area contributed by atoms with Crippen LogP contribution in [0.5, 0.6) is 0 Å². The molecule has 0 aromatic carbocycles. The van der Waals surface area contributed by atoms with E-state index in [1.54, 1.807) is 6.20 Å². The first-order valence-corrected chi connectivity index (χ1v) is 5.31. The van der Waals surface area contributed by atoms with Crippen LogP contribution in [0.15, 0.2) is 12.4 Å². The van der Waals surface area contributed by atoms with Gasteiger partial charge in [0.1, 0.15) is 5.56 Å². The molecule has 1 aliphatic carbocycles. The Morgan fingerprint density at radius 3 is 2.94 bits per heavy atom. The Morgan fingerprint density at radius 2 is 2.31 bits per heavy atom. The zero-order valence-electron chi connectivity index (χ0n) is 8.22. The van der Waals surface area contributed by atoms with Crippen LogP contribution in [0.25, 0.3) is 5.65 Å². The van der Waals surface area contributed by atoms with Gasteiger partial charge < -0.3 is 5.11 Å². The highest BCUT2D eigenvalue weighted by Crippen LogP contribution is 2.41. The van der Waals surface area contributed by atoms with Gasteiger partial charge in [0.25, 0.3) is 0 Å². The number of rotatable bonds is 2. The summed E-state index contributed by atoms with van der Waals surface area (Å²) in [6.07, 6.45) is 5.00. The lowest BCUT2D eigenvalue weighted by atomic mass is 10.2. The minimum atomic E-state index is -0.980. The fourth-order valence-corrected chi connectivity index (χ4v) is 1.92. The van der Waals surface area contributed by atoms with Crippen LogP contribution >= 0.6 is 11.6 Å². The number of carboxylic acids is 1. The number of carbonyl (C=O) groups is 1. The first kappa shape index (κ1) is 9.59. The molecular formula is C10H8ClN3O2. The molecule has 3 rings (SSSR count). The van der Waals surface area contributed by atoms with Gasteiger partial charge in [0.2, 0.25) is 0 Å². The van der Waals surface area contributed by atoms with Crippen molar-refractivity contribution in [1.29, 1.82) is 0 Å². The lowest BCUT2D eigenvalue weighted by Gasteiger charge is -1.94. The maximum absolute atomic E-state index is 11.2. The Hall–Kier alpha value is -1.62. The van der Waals surface area contributed by atoms with Crippen LogP contribution in [-0.4, -0.2) is 25.7 Å². The lowest BCUT2D eigenvalue weighted by molar-refractivity contribution is 0.0697. The first-order valence-electron chi connectivity index (χ1n) is 4.94. The standard InChI is InChI=1S/C10H8ClN3O2/c11-6-3-12-9-7(10(15)16)8(5-1-2-5)13-14(9)4-6/h3-5H,1-2H2,(H,15,16). The summed E-state index contributed by atoms with van der Waals surface area (Å²) in [5.41, 5.74) is 1.19. The van der Waals surface area contributed by atoms with E-state index in [9.17, 15) is 9.90 Å². The molecule has 0 radical (unpaired) electrons. The Balaban J connectivity index is 2.32. The van der Waals surface area contributed by atoms with E-state index in [-0.39, 0.29) is 11.5 Å². The summed E-state index contributed by atoms with van der Waals surface area (Å²) in [4.78, 5) is 15.2. The van der Waals surface area contributed by atoms with Gasteiger partial charge in [0.05, 0.1) is 16.9 Å². The molecule has 0 amide bonds. The summed E-state index contributed by atoms with van der Waals surface area (Å²) >= 11 is 5.78. The molecular weight excluding hydrogens is 230 g/mol. The molecule has 2 heterocycles. The van der Waals surface area contributed by atoms with E-state index in [1.807, 2.05) is 0 Å². The van der Waals surface area contributed by atoms with E-state index in [4.69, 9.17) is 11.6 Å². The van der Waals surface area contributed by atoms with Crippen molar-refractivity contribution >= 4 is 23.2 Å². The quantitative estimate of drug-likeness (QED) is 0.867. The molecule has 0 spiro atoms. The van der Waals surface area contributed by atoms with Crippen molar-refractivity contribution in [2.24, 2.45) is 0 Å². The van der Waals surface area contributed by atoms with Gasteiger partial charge in [-0.2, -0.15) is 5.10 Å². The van der Waals surface area contributed by atoms with Crippen molar-refractivity contribution < 1.29 is 9.90 Å². The third-order valence-electron chi connectivity index (χ3n) is 2.65. The smallest absolute Gasteiger partial charge is 0.341 e. The van der Waals surface area contributed by atoms with Gasteiger partial charge in [-0.05, 0) is 12.8 Å². The van der Waals surface area contributed by atoms with E-state index < -0.39 is 5.97 Å². The van der Waals surface area contributed by atoms with Gasteiger partial charge in [-0.15, -0.1) is 0 Å². The predicted molar refractivity (Wildman–Crippen MR) is 56.9 cm³/mol. The molecule has 16 heavy (non-hydrogen) atoms. The molecule has 0 bridgehead atoms. The number of aromatic carboxylic acids is 1. The molecule has 0 unspecified atom stereocenters. The number of carboxylic acid groups (broad SMARTS) is 1. The number of halogens is 1. The fraction of sp³-hybridized carbons (Fsp3) is 0.300. The highest BCUT2D eigenvalue weighted by atomic mass is 35.5. The number of fused-ring (bicyclic) bond motifs is 1. The summed E-state index contributed by atoms with van der Waals surface area (Å²) in [6, 6.07) is 0. The highest BCUT2D eigenvalue weighted by molar-refractivity contribution is 6.30. The third kappa shape index (κ3) is 1.36. The van der Waals surface area contributed by atoms with Crippen molar-refractivity contribution in [3.05, 3.63) is 28.7 Å². The van der Waals surface area contributed by atoms with Gasteiger partial charge in [0.15, 0.2) is 5.65 Å². The van der Waals surface area contributed by atoms with E-state index >= 15 is 0 Å². The molecule has 82 valence electrons. The van der Waals surface area contributed by atoms with E-state index in [1.165, 1.54) is 10.7 Å². The summed E-state index contributed by atoms with van der Waals surface area (Å²) in [5.74, 6) is -0.710. The summed E-state index contributed by atoms with van der Waals surface area (Å²) < 4.78 is 1.44. The third-order valence-corrected chi connectivity index (χ3v) is 2.84. The number of hydrogen-bond acceptors (Lipinski definition) is 3. The Labute approximate surface area is 95.7 Å². The van der Waals surface area contributed by atoms with Gasteiger partial charge in [-0.1, -0.05) is 11.6 Å². The van der Waals surface area contributed by atoms with Crippen LogP contribution in [0.4, 0.5) is 0 Å². The second kappa shape index (κ2) is 3.18. The molecule has 2 aromatic heterocycles. The summed E-state index contributed by atoms with van der Waals surface area (Å²) in [6.45, 7) is 0. The maximum atomic E-state index is 11.2. The second-order valence-corrected chi connectivity index (χ2v) is 4.32. The van der Waals surface area contributed by atoms with Gasteiger partial charge in [-0.25, -0.2) is 14.3 Å². The Bertz CT molecular complexity index is 589. The average molecular weight is 238 g/mol. The van der Waals surface area contributed by atoms with Crippen molar-refractivity contribution in [3.63, 3.8) is 0 Å². The minimum absolute atomic E-state index is 0.208. The van der Waals surface area contributed by atoms with Crippen LogP contribution in [0.1, 0.15) is 34.8 Å². The zero-order valence-corrected chi connectivity index (χ0v) is 8.98. The zero-order chi connectivity index (χ0) is 11.3. The maximum Gasteiger partial charge on any atom is 0.341 e. The topological polar surface area (TPSA) is 67.5 Å². The fourth-order valence-electron chi connectivity index (χ4n) is 1.78. The molecule has 1 saturated carbocycles. The van der Waals surface area contributed by atoms with Crippen LogP contribution in [0.3, 0.4) is 0 Å². The minimum Gasteiger partial charge on any atom is -0.477 e. The summed E-state index contributed by atoms with van der Waals surface area (Å²) in [7, 11) is 0. The Kier molecular flexibility index (Phi) is 1.91. The monoisotopic (exact) mass is 237 g/mol. The van der Waals surface area contributed by atoms with Crippen LogP contribution in [0.2, 0.25) is 5.02 Å². The van der Waals surface area contributed by atoms with Gasteiger partial charge in [0, 0.05) is 12.1 Å². The van der Waals surface area contributed by atoms with E-state index in [0.29, 0.717) is 16.4 Å². The molecule has 0 aliphatic heterocycles. The first-order chi connectivity index (χ1) is 7.66. The highest BCUT2D eigenvalue weighted by Gasteiger charge is 2.33. The molecule has 0 saturated heterocycles. The second-order valence-electron chi connectivity index (χ2n) is 3.88. The molecule has 1 aliphatic rings. The largest absolute Gasteiger partial charge is 0.477 e. The molecule has 5 nitrogen and oxygen atoms in total. The van der Waals surface area contributed by atoms with Crippen LogP contribution in [-0.2, 0) is 0 Å². The van der Waals surface area contributed by atoms with Crippen molar-refractivity contribution in [2.45, 2.75) is 18.8 Å². The van der Waals surface area contributed by atoms with E-state index in [2.05, 4.69) is 10.1 Å². The van der Waals surface area contributed by atoms with Gasteiger partial charge >= 0.3 is 5.97 Å².